The lowest BCUT2D eigenvalue weighted by atomic mass is 10.2. The SMILES string of the molecule is CCNC(=O)c1cc2sc(C)cc2n1Cc1ccccc1. The Bertz CT molecular complexity index is 771. The number of rotatable bonds is 4. The summed E-state index contributed by atoms with van der Waals surface area (Å²) in [5.74, 6) is -0.00511. The third-order valence-corrected chi connectivity index (χ3v) is 4.45. The second kappa shape index (κ2) is 5.74. The molecule has 0 aliphatic carbocycles. The smallest absolute Gasteiger partial charge is 0.267 e. The molecule has 4 heteroatoms. The molecule has 0 unspecified atom stereocenters. The number of thiophene rings is 1. The van der Waals surface area contributed by atoms with E-state index in [0.29, 0.717) is 13.1 Å². The van der Waals surface area contributed by atoms with E-state index in [-0.39, 0.29) is 5.91 Å². The average Bonchev–Trinajstić information content (AvgIpc) is 2.98. The highest BCUT2D eigenvalue weighted by molar-refractivity contribution is 7.19. The normalized spacial score (nSPS) is 11.0. The van der Waals surface area contributed by atoms with Crippen molar-refractivity contribution in [1.82, 2.24) is 9.88 Å². The van der Waals surface area contributed by atoms with E-state index in [4.69, 9.17) is 0 Å². The molecular weight excluding hydrogens is 280 g/mol. The molecule has 0 bridgehead atoms. The van der Waals surface area contributed by atoms with E-state index in [9.17, 15) is 4.79 Å². The predicted octanol–water partition coefficient (Wildman–Crippen LogP) is 3.81. The lowest BCUT2D eigenvalue weighted by Gasteiger charge is -2.10. The van der Waals surface area contributed by atoms with Crippen molar-refractivity contribution in [2.75, 3.05) is 6.54 Å². The quantitative estimate of drug-likeness (QED) is 0.781. The van der Waals surface area contributed by atoms with Gasteiger partial charge in [0.1, 0.15) is 5.69 Å². The van der Waals surface area contributed by atoms with Gasteiger partial charge in [0, 0.05) is 18.0 Å². The first-order valence-electron chi connectivity index (χ1n) is 7.11. The van der Waals surface area contributed by atoms with Crippen molar-refractivity contribution in [2.24, 2.45) is 0 Å². The molecule has 3 nitrogen and oxygen atoms in total. The third-order valence-electron chi connectivity index (χ3n) is 3.47. The van der Waals surface area contributed by atoms with Crippen molar-refractivity contribution in [1.29, 1.82) is 0 Å². The molecule has 0 fully saturated rings. The summed E-state index contributed by atoms with van der Waals surface area (Å²) in [6.07, 6.45) is 0. The van der Waals surface area contributed by atoms with E-state index < -0.39 is 0 Å². The van der Waals surface area contributed by atoms with E-state index in [1.165, 1.54) is 15.1 Å². The summed E-state index contributed by atoms with van der Waals surface area (Å²) in [4.78, 5) is 13.5. The van der Waals surface area contributed by atoms with Gasteiger partial charge in [-0.3, -0.25) is 4.79 Å². The fourth-order valence-electron chi connectivity index (χ4n) is 2.54. The molecule has 0 spiro atoms. The summed E-state index contributed by atoms with van der Waals surface area (Å²) in [5, 5.41) is 2.90. The second-order valence-corrected chi connectivity index (χ2v) is 6.36. The largest absolute Gasteiger partial charge is 0.351 e. The van der Waals surface area contributed by atoms with Gasteiger partial charge >= 0.3 is 0 Å². The van der Waals surface area contributed by atoms with Gasteiger partial charge in [-0.1, -0.05) is 30.3 Å². The van der Waals surface area contributed by atoms with Gasteiger partial charge in [0.05, 0.1) is 10.2 Å². The lowest BCUT2D eigenvalue weighted by Crippen LogP contribution is -2.25. The maximum atomic E-state index is 12.3. The van der Waals surface area contributed by atoms with Crippen molar-refractivity contribution in [3.63, 3.8) is 0 Å². The molecule has 2 aromatic heterocycles. The van der Waals surface area contributed by atoms with Gasteiger partial charge in [0.15, 0.2) is 0 Å². The number of aryl methyl sites for hydroxylation is 1. The second-order valence-electron chi connectivity index (χ2n) is 5.07. The fraction of sp³-hybridized carbons (Fsp3) is 0.235. The molecule has 0 aliphatic rings. The van der Waals surface area contributed by atoms with Crippen molar-refractivity contribution in [3.8, 4) is 0 Å². The minimum Gasteiger partial charge on any atom is -0.351 e. The molecule has 0 saturated carbocycles. The first-order chi connectivity index (χ1) is 10.2. The summed E-state index contributed by atoms with van der Waals surface area (Å²) in [6.45, 7) is 5.40. The van der Waals surface area contributed by atoms with Crippen molar-refractivity contribution in [2.45, 2.75) is 20.4 Å². The Morgan fingerprint density at radius 3 is 2.71 bits per heavy atom. The Morgan fingerprint density at radius 1 is 1.24 bits per heavy atom. The fourth-order valence-corrected chi connectivity index (χ4v) is 3.50. The van der Waals surface area contributed by atoms with Gasteiger partial charge < -0.3 is 9.88 Å². The van der Waals surface area contributed by atoms with Crippen molar-refractivity contribution in [3.05, 3.63) is 58.6 Å². The van der Waals surface area contributed by atoms with Gasteiger partial charge in [0.25, 0.3) is 5.91 Å². The first-order valence-corrected chi connectivity index (χ1v) is 7.92. The van der Waals surface area contributed by atoms with Crippen LogP contribution in [0.4, 0.5) is 0 Å². The van der Waals surface area contributed by atoms with Crippen LogP contribution in [0.5, 0.6) is 0 Å². The van der Waals surface area contributed by atoms with E-state index in [1.54, 1.807) is 11.3 Å². The summed E-state index contributed by atoms with van der Waals surface area (Å²) in [6, 6.07) is 14.4. The van der Waals surface area contributed by atoms with Crippen LogP contribution in [0.3, 0.4) is 0 Å². The molecule has 0 saturated heterocycles. The van der Waals surface area contributed by atoms with Crippen molar-refractivity contribution < 1.29 is 4.79 Å². The maximum absolute atomic E-state index is 12.3. The molecule has 1 amide bonds. The zero-order valence-electron chi connectivity index (χ0n) is 12.2. The van der Waals surface area contributed by atoms with Gasteiger partial charge in [-0.05, 0) is 31.5 Å². The zero-order valence-corrected chi connectivity index (χ0v) is 13.0. The number of nitrogens with zero attached hydrogens (tertiary/aromatic N) is 1. The Kier molecular flexibility index (Phi) is 3.80. The molecule has 1 aromatic carbocycles. The highest BCUT2D eigenvalue weighted by Crippen LogP contribution is 2.29. The Balaban J connectivity index is 2.08. The zero-order chi connectivity index (χ0) is 14.8. The lowest BCUT2D eigenvalue weighted by molar-refractivity contribution is 0.0947. The molecule has 3 rings (SSSR count). The summed E-state index contributed by atoms with van der Waals surface area (Å²) in [5.41, 5.74) is 3.08. The van der Waals surface area contributed by atoms with Gasteiger partial charge in [-0.15, -0.1) is 11.3 Å². The van der Waals surface area contributed by atoms with Crippen LogP contribution in [0.25, 0.3) is 10.2 Å². The maximum Gasteiger partial charge on any atom is 0.267 e. The van der Waals surface area contributed by atoms with E-state index >= 15 is 0 Å². The number of hydrogen-bond acceptors (Lipinski definition) is 2. The van der Waals surface area contributed by atoms with Crippen LogP contribution in [0.2, 0.25) is 0 Å². The molecule has 2 heterocycles. The Morgan fingerprint density at radius 2 is 2.00 bits per heavy atom. The minimum atomic E-state index is -0.00511. The van der Waals surface area contributed by atoms with Gasteiger partial charge in [0.2, 0.25) is 0 Å². The molecule has 0 atom stereocenters. The summed E-state index contributed by atoms with van der Waals surface area (Å²) in [7, 11) is 0. The number of carbonyl (C=O) groups is 1. The first kappa shape index (κ1) is 13.9. The number of hydrogen-bond donors (Lipinski definition) is 1. The van der Waals surface area contributed by atoms with Gasteiger partial charge in [-0.25, -0.2) is 0 Å². The number of nitrogens with one attached hydrogen (secondary N) is 1. The number of carbonyl (C=O) groups excluding carboxylic acids is 1. The molecule has 0 radical (unpaired) electrons. The molecule has 3 aromatic rings. The van der Waals surface area contributed by atoms with E-state index in [2.05, 4.69) is 35.0 Å². The van der Waals surface area contributed by atoms with Crippen LogP contribution >= 0.6 is 11.3 Å². The van der Waals surface area contributed by atoms with Crippen LogP contribution in [0, 0.1) is 6.92 Å². The number of fused-ring (bicyclic) bond motifs is 1. The predicted molar refractivity (Wildman–Crippen MR) is 88.1 cm³/mol. The standard InChI is InChI=1S/C17H18N2OS/c1-3-18-17(20)15-10-16-14(9-12(2)21-16)19(15)11-13-7-5-4-6-8-13/h4-10H,3,11H2,1-2H3,(H,18,20). The van der Waals surface area contributed by atoms with Crippen molar-refractivity contribution >= 4 is 27.5 Å². The molecule has 108 valence electrons. The van der Waals surface area contributed by atoms with Crippen LogP contribution in [-0.4, -0.2) is 17.0 Å². The monoisotopic (exact) mass is 298 g/mol. The molecule has 1 N–H and O–H groups in total. The molecule has 0 aliphatic heterocycles. The summed E-state index contributed by atoms with van der Waals surface area (Å²) >= 11 is 1.73. The Hall–Kier alpha value is -2.07. The van der Waals surface area contributed by atoms with Crippen LogP contribution in [-0.2, 0) is 6.54 Å². The number of benzene rings is 1. The molecule has 21 heavy (non-hydrogen) atoms. The van der Waals surface area contributed by atoms with E-state index in [0.717, 1.165) is 11.2 Å². The highest BCUT2D eigenvalue weighted by atomic mass is 32.1. The van der Waals surface area contributed by atoms with E-state index in [1.807, 2.05) is 31.2 Å². The van der Waals surface area contributed by atoms with Crippen LogP contribution in [0.1, 0.15) is 27.9 Å². The number of amides is 1. The average molecular weight is 298 g/mol. The van der Waals surface area contributed by atoms with Crippen LogP contribution in [0.15, 0.2) is 42.5 Å². The van der Waals surface area contributed by atoms with Crippen LogP contribution < -0.4 is 5.32 Å². The van der Waals surface area contributed by atoms with Gasteiger partial charge in [-0.2, -0.15) is 0 Å². The third kappa shape index (κ3) is 2.72. The molecular formula is C17H18N2OS. The highest BCUT2D eigenvalue weighted by Gasteiger charge is 2.16. The topological polar surface area (TPSA) is 34.0 Å². The number of aromatic nitrogens is 1. The minimum absolute atomic E-state index is 0.00511. The summed E-state index contributed by atoms with van der Waals surface area (Å²) < 4.78 is 3.28. The Labute approximate surface area is 128 Å².